The van der Waals surface area contributed by atoms with Crippen LogP contribution in [-0.2, 0) is 6.18 Å². The molecule has 0 radical (unpaired) electrons. The molecule has 0 aliphatic carbocycles. The second-order valence-electron chi connectivity index (χ2n) is 6.60. The number of piperidine rings is 1. The van der Waals surface area contributed by atoms with Gasteiger partial charge in [-0.15, -0.1) is 0 Å². The Morgan fingerprint density at radius 1 is 1.12 bits per heavy atom. The highest BCUT2D eigenvalue weighted by molar-refractivity contribution is 5.94. The molecule has 0 spiro atoms. The van der Waals surface area contributed by atoms with Crippen LogP contribution < -0.4 is 5.56 Å². The highest BCUT2D eigenvalue weighted by atomic mass is 19.4. The zero-order chi connectivity index (χ0) is 18.9. The zero-order valence-electron chi connectivity index (χ0n) is 14.3. The van der Waals surface area contributed by atoms with Crippen molar-refractivity contribution in [1.29, 1.82) is 0 Å². The first kappa shape index (κ1) is 18.2. The van der Waals surface area contributed by atoms with Crippen molar-refractivity contribution in [3.63, 3.8) is 0 Å². The fourth-order valence-corrected chi connectivity index (χ4v) is 3.35. The monoisotopic (exact) mass is 364 g/mol. The predicted molar refractivity (Wildman–Crippen MR) is 91.1 cm³/mol. The van der Waals surface area contributed by atoms with E-state index in [4.69, 9.17) is 0 Å². The molecule has 1 aliphatic rings. The SMILES string of the molecule is Cc1cc(C(=O)N2CCC(c3ccc(C(F)(F)F)cc3)CC2)cc(=O)[nH]1. The van der Waals surface area contributed by atoms with E-state index < -0.39 is 11.7 Å². The third-order valence-corrected chi connectivity index (χ3v) is 4.72. The van der Waals surface area contributed by atoms with E-state index in [1.165, 1.54) is 18.2 Å². The van der Waals surface area contributed by atoms with Gasteiger partial charge >= 0.3 is 6.18 Å². The molecule has 3 rings (SSSR count). The average Bonchev–Trinajstić information content (AvgIpc) is 2.60. The lowest BCUT2D eigenvalue weighted by Crippen LogP contribution is -2.38. The molecule has 26 heavy (non-hydrogen) atoms. The van der Waals surface area contributed by atoms with E-state index >= 15 is 0 Å². The number of hydrogen-bond donors (Lipinski definition) is 1. The number of nitrogens with one attached hydrogen (secondary N) is 1. The van der Waals surface area contributed by atoms with E-state index in [1.54, 1.807) is 17.9 Å². The normalized spacial score (nSPS) is 15.9. The van der Waals surface area contributed by atoms with Gasteiger partial charge in [0.15, 0.2) is 0 Å². The molecule has 1 amide bonds. The van der Waals surface area contributed by atoms with Crippen molar-refractivity contribution < 1.29 is 18.0 Å². The molecule has 1 aliphatic heterocycles. The molecule has 138 valence electrons. The summed E-state index contributed by atoms with van der Waals surface area (Å²) in [6.45, 7) is 2.74. The molecule has 1 aromatic heterocycles. The summed E-state index contributed by atoms with van der Waals surface area (Å²) < 4.78 is 38.0. The maximum Gasteiger partial charge on any atom is 0.416 e. The van der Waals surface area contributed by atoms with Crippen molar-refractivity contribution in [2.75, 3.05) is 13.1 Å². The number of likely N-dealkylation sites (tertiary alicyclic amines) is 1. The number of nitrogens with zero attached hydrogens (tertiary/aromatic N) is 1. The maximum atomic E-state index is 12.7. The number of pyridine rings is 1. The summed E-state index contributed by atoms with van der Waals surface area (Å²) in [6.07, 6.45) is -2.97. The van der Waals surface area contributed by atoms with E-state index in [-0.39, 0.29) is 17.4 Å². The first-order valence-corrected chi connectivity index (χ1v) is 8.41. The van der Waals surface area contributed by atoms with Crippen molar-refractivity contribution in [1.82, 2.24) is 9.88 Å². The summed E-state index contributed by atoms with van der Waals surface area (Å²) in [4.78, 5) is 28.4. The molecule has 0 unspecified atom stereocenters. The lowest BCUT2D eigenvalue weighted by atomic mass is 9.88. The van der Waals surface area contributed by atoms with E-state index in [0.29, 0.717) is 37.2 Å². The Bertz CT molecular complexity index is 848. The lowest BCUT2D eigenvalue weighted by molar-refractivity contribution is -0.137. The first-order valence-electron chi connectivity index (χ1n) is 8.41. The van der Waals surface area contributed by atoms with Crippen LogP contribution in [0.3, 0.4) is 0 Å². The van der Waals surface area contributed by atoms with Gasteiger partial charge in [-0.05, 0) is 49.4 Å². The molecule has 4 nitrogen and oxygen atoms in total. The highest BCUT2D eigenvalue weighted by Crippen LogP contribution is 2.33. The van der Waals surface area contributed by atoms with Gasteiger partial charge in [-0.3, -0.25) is 9.59 Å². The van der Waals surface area contributed by atoms with Gasteiger partial charge in [-0.25, -0.2) is 0 Å². The number of carbonyl (C=O) groups is 1. The summed E-state index contributed by atoms with van der Waals surface area (Å²) >= 11 is 0. The fraction of sp³-hybridized carbons (Fsp3) is 0.368. The summed E-state index contributed by atoms with van der Waals surface area (Å²) in [7, 11) is 0. The van der Waals surface area contributed by atoms with E-state index in [1.807, 2.05) is 0 Å². The quantitative estimate of drug-likeness (QED) is 0.883. The molecule has 1 aromatic carbocycles. The van der Waals surface area contributed by atoms with Crippen LogP contribution in [0, 0.1) is 6.92 Å². The molecule has 0 atom stereocenters. The number of halogens is 3. The summed E-state index contributed by atoms with van der Waals surface area (Å²) in [5.41, 5.74) is 0.878. The van der Waals surface area contributed by atoms with Crippen molar-refractivity contribution >= 4 is 5.91 Å². The molecule has 0 saturated carbocycles. The van der Waals surface area contributed by atoms with Gasteiger partial charge in [0.25, 0.3) is 5.91 Å². The van der Waals surface area contributed by atoms with E-state index in [9.17, 15) is 22.8 Å². The minimum atomic E-state index is -4.33. The molecule has 2 aromatic rings. The third kappa shape index (κ3) is 3.98. The van der Waals surface area contributed by atoms with Crippen LogP contribution in [0.1, 0.15) is 45.9 Å². The number of H-pyrrole nitrogens is 1. The highest BCUT2D eigenvalue weighted by Gasteiger charge is 2.31. The predicted octanol–water partition coefficient (Wildman–Crippen LogP) is 3.72. The van der Waals surface area contributed by atoms with Crippen molar-refractivity contribution in [2.45, 2.75) is 31.9 Å². The fourth-order valence-electron chi connectivity index (χ4n) is 3.35. The van der Waals surface area contributed by atoms with Crippen LogP contribution in [0.4, 0.5) is 13.2 Å². The van der Waals surface area contributed by atoms with E-state index in [0.717, 1.165) is 17.7 Å². The van der Waals surface area contributed by atoms with Crippen LogP contribution in [0.5, 0.6) is 0 Å². The van der Waals surface area contributed by atoms with Crippen LogP contribution in [0.25, 0.3) is 0 Å². The van der Waals surface area contributed by atoms with Crippen LogP contribution in [-0.4, -0.2) is 28.9 Å². The Balaban J connectivity index is 1.65. The number of amides is 1. The molecule has 1 saturated heterocycles. The summed E-state index contributed by atoms with van der Waals surface area (Å²) in [5.74, 6) is -0.0627. The number of benzene rings is 1. The smallest absolute Gasteiger partial charge is 0.339 e. The number of rotatable bonds is 2. The van der Waals surface area contributed by atoms with Crippen molar-refractivity contribution in [3.8, 4) is 0 Å². The minimum Gasteiger partial charge on any atom is -0.339 e. The number of hydrogen-bond acceptors (Lipinski definition) is 2. The standard InChI is InChI=1S/C19H19F3N2O2/c1-12-10-15(11-17(25)23-12)18(26)24-8-6-14(7-9-24)13-2-4-16(5-3-13)19(20,21)22/h2-5,10-11,14H,6-9H2,1H3,(H,23,25). The van der Waals surface area contributed by atoms with Crippen molar-refractivity contribution in [2.24, 2.45) is 0 Å². The second kappa shape index (κ2) is 6.97. The number of aromatic nitrogens is 1. The van der Waals surface area contributed by atoms with Gasteiger partial charge in [0, 0.05) is 30.4 Å². The van der Waals surface area contributed by atoms with Crippen molar-refractivity contribution in [3.05, 3.63) is 69.1 Å². The largest absolute Gasteiger partial charge is 0.416 e. The molecule has 7 heteroatoms. The third-order valence-electron chi connectivity index (χ3n) is 4.72. The Morgan fingerprint density at radius 2 is 1.73 bits per heavy atom. The zero-order valence-corrected chi connectivity index (χ0v) is 14.3. The Hall–Kier alpha value is -2.57. The Kier molecular flexibility index (Phi) is 4.89. The van der Waals surface area contributed by atoms with Gasteiger partial charge < -0.3 is 9.88 Å². The van der Waals surface area contributed by atoms with Gasteiger partial charge in [0.2, 0.25) is 5.56 Å². The molecular formula is C19H19F3N2O2. The van der Waals surface area contributed by atoms with Gasteiger partial charge in [-0.2, -0.15) is 13.2 Å². The van der Waals surface area contributed by atoms with E-state index in [2.05, 4.69) is 4.98 Å². The van der Waals surface area contributed by atoms with Crippen LogP contribution >= 0.6 is 0 Å². The van der Waals surface area contributed by atoms with Gasteiger partial charge in [0.05, 0.1) is 5.56 Å². The van der Waals surface area contributed by atoms with Gasteiger partial charge in [0.1, 0.15) is 0 Å². The number of alkyl halides is 3. The topological polar surface area (TPSA) is 53.2 Å². The molecule has 0 bridgehead atoms. The molecular weight excluding hydrogens is 345 g/mol. The molecule has 2 heterocycles. The minimum absolute atomic E-state index is 0.127. The Labute approximate surface area is 148 Å². The summed E-state index contributed by atoms with van der Waals surface area (Å²) in [6, 6.07) is 8.18. The maximum absolute atomic E-state index is 12.7. The number of carbonyl (C=O) groups excluding carboxylic acids is 1. The van der Waals surface area contributed by atoms with Crippen LogP contribution in [0.2, 0.25) is 0 Å². The number of aryl methyl sites for hydroxylation is 1. The number of aromatic amines is 1. The molecule has 1 fully saturated rings. The molecule has 1 N–H and O–H groups in total. The van der Waals surface area contributed by atoms with Crippen LogP contribution in [0.15, 0.2) is 41.2 Å². The average molecular weight is 364 g/mol. The summed E-state index contributed by atoms with van der Waals surface area (Å²) in [5, 5.41) is 0. The lowest BCUT2D eigenvalue weighted by Gasteiger charge is -2.32. The van der Waals surface area contributed by atoms with Gasteiger partial charge in [-0.1, -0.05) is 12.1 Å². The Morgan fingerprint density at radius 3 is 2.27 bits per heavy atom. The first-order chi connectivity index (χ1) is 12.2. The second-order valence-corrected chi connectivity index (χ2v) is 6.60.